The monoisotopic (exact) mass is 282 g/mol. The molecule has 2 N–H and O–H groups in total. The van der Waals surface area contributed by atoms with E-state index >= 15 is 0 Å². The standard InChI is InChI=1S/C16H24F2N2/c1-2-4-12-7-9-20(10-8-12)11-15(19)13-5-3-6-14(17)16(13)18/h3,5-6,12,15H,2,4,7-11,19H2,1H3. The van der Waals surface area contributed by atoms with Crippen LogP contribution in [0.2, 0.25) is 0 Å². The van der Waals surface area contributed by atoms with E-state index < -0.39 is 17.7 Å². The van der Waals surface area contributed by atoms with E-state index in [-0.39, 0.29) is 5.56 Å². The molecule has 0 saturated carbocycles. The third kappa shape index (κ3) is 3.76. The summed E-state index contributed by atoms with van der Waals surface area (Å²) >= 11 is 0. The first-order chi connectivity index (χ1) is 9.61. The van der Waals surface area contributed by atoms with Crippen molar-refractivity contribution in [2.24, 2.45) is 11.7 Å². The van der Waals surface area contributed by atoms with Crippen LogP contribution in [0.1, 0.15) is 44.2 Å². The highest BCUT2D eigenvalue weighted by Crippen LogP contribution is 2.24. The van der Waals surface area contributed by atoms with E-state index in [9.17, 15) is 8.78 Å². The van der Waals surface area contributed by atoms with Crippen molar-refractivity contribution in [1.82, 2.24) is 4.90 Å². The number of hydrogen-bond acceptors (Lipinski definition) is 2. The molecule has 1 unspecified atom stereocenters. The van der Waals surface area contributed by atoms with Crippen LogP contribution in [-0.2, 0) is 0 Å². The predicted molar refractivity (Wildman–Crippen MR) is 77.4 cm³/mol. The van der Waals surface area contributed by atoms with Gasteiger partial charge in [-0.05, 0) is 37.9 Å². The number of nitrogens with two attached hydrogens (primary N) is 1. The van der Waals surface area contributed by atoms with Crippen molar-refractivity contribution in [3.63, 3.8) is 0 Å². The van der Waals surface area contributed by atoms with E-state index in [2.05, 4.69) is 11.8 Å². The zero-order chi connectivity index (χ0) is 14.5. The van der Waals surface area contributed by atoms with Gasteiger partial charge in [-0.15, -0.1) is 0 Å². The van der Waals surface area contributed by atoms with Crippen molar-refractivity contribution in [2.45, 2.75) is 38.6 Å². The summed E-state index contributed by atoms with van der Waals surface area (Å²) in [4.78, 5) is 2.27. The average molecular weight is 282 g/mol. The molecule has 0 amide bonds. The van der Waals surface area contributed by atoms with Crippen molar-refractivity contribution in [3.8, 4) is 0 Å². The van der Waals surface area contributed by atoms with Crippen LogP contribution < -0.4 is 5.73 Å². The van der Waals surface area contributed by atoms with Gasteiger partial charge in [0.05, 0.1) is 0 Å². The second-order valence-corrected chi connectivity index (χ2v) is 5.78. The van der Waals surface area contributed by atoms with Crippen molar-refractivity contribution in [1.29, 1.82) is 0 Å². The molecular weight excluding hydrogens is 258 g/mol. The Bertz CT molecular complexity index is 428. The van der Waals surface area contributed by atoms with Crippen LogP contribution in [0.15, 0.2) is 18.2 Å². The molecule has 1 heterocycles. The van der Waals surface area contributed by atoms with Crippen molar-refractivity contribution in [3.05, 3.63) is 35.4 Å². The number of piperidine rings is 1. The van der Waals surface area contributed by atoms with Crippen LogP contribution in [0.3, 0.4) is 0 Å². The number of halogens is 2. The molecule has 2 rings (SSSR count). The summed E-state index contributed by atoms with van der Waals surface area (Å²) in [6.45, 7) is 4.83. The Balaban J connectivity index is 1.89. The van der Waals surface area contributed by atoms with Gasteiger partial charge in [0.2, 0.25) is 0 Å². The molecular formula is C16H24F2N2. The molecule has 0 bridgehead atoms. The van der Waals surface area contributed by atoms with E-state index in [4.69, 9.17) is 5.73 Å². The quantitative estimate of drug-likeness (QED) is 0.896. The van der Waals surface area contributed by atoms with E-state index in [1.165, 1.54) is 31.7 Å². The molecule has 1 saturated heterocycles. The SMILES string of the molecule is CCCC1CCN(CC(N)c2cccc(F)c2F)CC1. The molecule has 1 atom stereocenters. The van der Waals surface area contributed by atoms with Gasteiger partial charge in [0.1, 0.15) is 0 Å². The van der Waals surface area contributed by atoms with E-state index in [0.29, 0.717) is 6.54 Å². The summed E-state index contributed by atoms with van der Waals surface area (Å²) in [6, 6.07) is 3.75. The highest BCUT2D eigenvalue weighted by atomic mass is 19.2. The fourth-order valence-corrected chi connectivity index (χ4v) is 3.05. The Morgan fingerprint density at radius 3 is 2.65 bits per heavy atom. The van der Waals surface area contributed by atoms with E-state index in [1.54, 1.807) is 6.07 Å². The molecule has 1 aliphatic rings. The highest BCUT2D eigenvalue weighted by molar-refractivity contribution is 5.22. The van der Waals surface area contributed by atoms with E-state index in [1.807, 2.05) is 0 Å². The maximum atomic E-state index is 13.7. The zero-order valence-corrected chi connectivity index (χ0v) is 12.1. The number of nitrogens with zero attached hydrogens (tertiary/aromatic N) is 1. The van der Waals surface area contributed by atoms with Crippen LogP contribution >= 0.6 is 0 Å². The molecule has 0 radical (unpaired) electrons. The summed E-state index contributed by atoms with van der Waals surface area (Å²) in [5, 5.41) is 0. The van der Waals surface area contributed by atoms with Crippen LogP contribution in [-0.4, -0.2) is 24.5 Å². The molecule has 1 aromatic carbocycles. The van der Waals surface area contributed by atoms with Gasteiger partial charge in [-0.1, -0.05) is 31.9 Å². The minimum atomic E-state index is -0.820. The summed E-state index contributed by atoms with van der Waals surface area (Å²) in [6.07, 6.45) is 4.90. The molecule has 1 aromatic rings. The Labute approximate surface area is 120 Å². The lowest BCUT2D eigenvalue weighted by Gasteiger charge is -2.33. The average Bonchev–Trinajstić information content (AvgIpc) is 2.44. The summed E-state index contributed by atoms with van der Waals surface area (Å²) in [5.41, 5.74) is 6.32. The number of hydrogen-bond donors (Lipinski definition) is 1. The topological polar surface area (TPSA) is 29.3 Å². The van der Waals surface area contributed by atoms with Gasteiger partial charge in [-0.25, -0.2) is 8.78 Å². The fourth-order valence-electron chi connectivity index (χ4n) is 3.05. The number of likely N-dealkylation sites (tertiary alicyclic amines) is 1. The lowest BCUT2D eigenvalue weighted by Crippen LogP contribution is -2.38. The largest absolute Gasteiger partial charge is 0.323 e. The normalized spacial score (nSPS) is 19.2. The van der Waals surface area contributed by atoms with Gasteiger partial charge < -0.3 is 10.6 Å². The van der Waals surface area contributed by atoms with Crippen LogP contribution in [0.5, 0.6) is 0 Å². The second-order valence-electron chi connectivity index (χ2n) is 5.78. The molecule has 1 aliphatic heterocycles. The van der Waals surface area contributed by atoms with Gasteiger partial charge in [-0.3, -0.25) is 0 Å². The van der Waals surface area contributed by atoms with Gasteiger partial charge in [0.25, 0.3) is 0 Å². The van der Waals surface area contributed by atoms with Crippen LogP contribution in [0.4, 0.5) is 8.78 Å². The lowest BCUT2D eigenvalue weighted by molar-refractivity contribution is 0.169. The first-order valence-corrected chi connectivity index (χ1v) is 7.53. The smallest absolute Gasteiger partial charge is 0.163 e. The van der Waals surface area contributed by atoms with Crippen molar-refractivity contribution in [2.75, 3.05) is 19.6 Å². The molecule has 4 heteroatoms. The highest BCUT2D eigenvalue weighted by Gasteiger charge is 2.22. The van der Waals surface area contributed by atoms with Crippen LogP contribution in [0.25, 0.3) is 0 Å². The maximum Gasteiger partial charge on any atom is 0.163 e. The molecule has 0 aliphatic carbocycles. The Hall–Kier alpha value is -1.00. The minimum absolute atomic E-state index is 0.278. The Morgan fingerprint density at radius 2 is 2.00 bits per heavy atom. The van der Waals surface area contributed by atoms with Gasteiger partial charge in [0.15, 0.2) is 11.6 Å². The molecule has 112 valence electrons. The summed E-state index contributed by atoms with van der Waals surface area (Å²) in [7, 11) is 0. The summed E-state index contributed by atoms with van der Waals surface area (Å²) < 4.78 is 26.9. The van der Waals surface area contributed by atoms with Gasteiger partial charge in [0, 0.05) is 18.2 Å². The third-order valence-electron chi connectivity index (χ3n) is 4.24. The first kappa shape index (κ1) is 15.4. The van der Waals surface area contributed by atoms with E-state index in [0.717, 1.165) is 25.1 Å². The summed E-state index contributed by atoms with van der Waals surface area (Å²) in [5.74, 6) is -0.807. The molecule has 1 fully saturated rings. The third-order valence-corrected chi connectivity index (χ3v) is 4.24. The molecule has 0 spiro atoms. The molecule has 20 heavy (non-hydrogen) atoms. The van der Waals surface area contributed by atoms with Gasteiger partial charge in [-0.2, -0.15) is 0 Å². The minimum Gasteiger partial charge on any atom is -0.323 e. The number of rotatable bonds is 5. The van der Waals surface area contributed by atoms with Crippen molar-refractivity contribution >= 4 is 0 Å². The fraction of sp³-hybridized carbons (Fsp3) is 0.625. The predicted octanol–water partition coefficient (Wildman–Crippen LogP) is 3.48. The molecule has 2 nitrogen and oxygen atoms in total. The van der Waals surface area contributed by atoms with Gasteiger partial charge >= 0.3 is 0 Å². The van der Waals surface area contributed by atoms with Crippen molar-refractivity contribution < 1.29 is 8.78 Å². The Morgan fingerprint density at radius 1 is 1.30 bits per heavy atom. The lowest BCUT2D eigenvalue weighted by atomic mass is 9.92. The van der Waals surface area contributed by atoms with Crippen LogP contribution in [0, 0.1) is 17.6 Å². The molecule has 0 aromatic heterocycles. The maximum absolute atomic E-state index is 13.7. The number of benzene rings is 1. The second kappa shape index (κ2) is 7.14. The Kier molecular flexibility index (Phi) is 5.49. The first-order valence-electron chi connectivity index (χ1n) is 7.53. The zero-order valence-electron chi connectivity index (χ0n) is 12.1.